The van der Waals surface area contributed by atoms with Crippen molar-refractivity contribution in [1.82, 2.24) is 0 Å². The number of aryl methyl sites for hydroxylation is 1. The zero-order valence-corrected chi connectivity index (χ0v) is 11.0. The molecule has 3 rings (SSSR count). The van der Waals surface area contributed by atoms with Crippen LogP contribution in [0.3, 0.4) is 0 Å². The number of nitrogens with zero attached hydrogens (tertiary/aromatic N) is 2. The van der Waals surface area contributed by atoms with E-state index in [1.54, 1.807) is 0 Å². The zero-order valence-electron chi connectivity index (χ0n) is 11.0. The average molecular weight is 240 g/mol. The third-order valence-corrected chi connectivity index (χ3v) is 3.97. The van der Waals surface area contributed by atoms with E-state index in [-0.39, 0.29) is 0 Å². The van der Waals surface area contributed by atoms with E-state index in [4.69, 9.17) is 0 Å². The van der Waals surface area contributed by atoms with Gasteiger partial charge in [0.2, 0.25) is 0 Å². The Morgan fingerprint density at radius 3 is 2.28 bits per heavy atom. The van der Waals surface area contributed by atoms with Gasteiger partial charge in [0.15, 0.2) is 0 Å². The highest BCUT2D eigenvalue weighted by atomic mass is 15.1. The van der Waals surface area contributed by atoms with Gasteiger partial charge in [-0.1, -0.05) is 6.07 Å². The Labute approximate surface area is 109 Å². The topological polar surface area (TPSA) is 27.0 Å². The van der Waals surface area contributed by atoms with Crippen molar-refractivity contribution in [2.45, 2.75) is 32.6 Å². The van der Waals surface area contributed by atoms with Crippen LogP contribution in [-0.2, 0) is 0 Å². The lowest BCUT2D eigenvalue weighted by molar-refractivity contribution is 0.678. The molecule has 0 aliphatic heterocycles. The molecule has 0 N–H and O–H groups in total. The molecule has 1 aromatic carbocycles. The molecule has 0 aromatic heterocycles. The van der Waals surface area contributed by atoms with E-state index in [0.29, 0.717) is 0 Å². The molecule has 18 heavy (non-hydrogen) atoms. The SMILES string of the molecule is Cc1ccc(C#N)c(N(CC2CC2)CC2CC2)c1. The molecule has 0 radical (unpaired) electrons. The van der Waals surface area contributed by atoms with E-state index < -0.39 is 0 Å². The van der Waals surface area contributed by atoms with Crippen LogP contribution in [0.15, 0.2) is 18.2 Å². The number of anilines is 1. The van der Waals surface area contributed by atoms with Gasteiger partial charge in [0.05, 0.1) is 11.3 Å². The summed E-state index contributed by atoms with van der Waals surface area (Å²) in [6, 6.07) is 8.54. The lowest BCUT2D eigenvalue weighted by Gasteiger charge is -2.26. The number of nitriles is 1. The van der Waals surface area contributed by atoms with Crippen LogP contribution in [0, 0.1) is 30.1 Å². The molecule has 2 nitrogen and oxygen atoms in total. The summed E-state index contributed by atoms with van der Waals surface area (Å²) in [4.78, 5) is 2.47. The highest BCUT2D eigenvalue weighted by Crippen LogP contribution is 2.36. The molecule has 0 atom stereocenters. The van der Waals surface area contributed by atoms with Crippen molar-refractivity contribution < 1.29 is 0 Å². The Kier molecular flexibility index (Phi) is 2.99. The zero-order chi connectivity index (χ0) is 12.5. The maximum absolute atomic E-state index is 9.28. The Balaban J connectivity index is 1.86. The van der Waals surface area contributed by atoms with E-state index in [9.17, 15) is 5.26 Å². The van der Waals surface area contributed by atoms with Crippen molar-refractivity contribution in [2.75, 3.05) is 18.0 Å². The van der Waals surface area contributed by atoms with Gasteiger partial charge in [0.1, 0.15) is 6.07 Å². The Morgan fingerprint density at radius 1 is 1.17 bits per heavy atom. The molecule has 0 amide bonds. The highest BCUT2D eigenvalue weighted by molar-refractivity contribution is 5.61. The number of rotatable bonds is 5. The Morgan fingerprint density at radius 2 is 1.78 bits per heavy atom. The molecule has 0 spiro atoms. The monoisotopic (exact) mass is 240 g/mol. The van der Waals surface area contributed by atoms with Crippen molar-refractivity contribution in [3.05, 3.63) is 29.3 Å². The van der Waals surface area contributed by atoms with Crippen LogP contribution in [-0.4, -0.2) is 13.1 Å². The van der Waals surface area contributed by atoms with Gasteiger partial charge in [-0.3, -0.25) is 0 Å². The van der Waals surface area contributed by atoms with Crippen molar-refractivity contribution in [3.63, 3.8) is 0 Å². The van der Waals surface area contributed by atoms with Crippen molar-refractivity contribution in [2.24, 2.45) is 11.8 Å². The molecular formula is C16H20N2. The number of hydrogen-bond acceptors (Lipinski definition) is 2. The van der Waals surface area contributed by atoms with Gasteiger partial charge in [0.25, 0.3) is 0 Å². The van der Waals surface area contributed by atoms with Crippen LogP contribution < -0.4 is 4.90 Å². The van der Waals surface area contributed by atoms with Crippen LogP contribution in [0.25, 0.3) is 0 Å². The third-order valence-electron chi connectivity index (χ3n) is 3.97. The van der Waals surface area contributed by atoms with Gasteiger partial charge in [-0.25, -0.2) is 0 Å². The second-order valence-corrected chi connectivity index (χ2v) is 5.92. The van der Waals surface area contributed by atoms with Crippen LogP contribution in [0.5, 0.6) is 0 Å². The van der Waals surface area contributed by atoms with Gasteiger partial charge >= 0.3 is 0 Å². The van der Waals surface area contributed by atoms with Gasteiger partial charge < -0.3 is 4.90 Å². The first-order chi connectivity index (χ1) is 8.76. The van der Waals surface area contributed by atoms with Gasteiger partial charge in [-0.05, 0) is 62.1 Å². The first-order valence-corrected chi connectivity index (χ1v) is 7.02. The summed E-state index contributed by atoms with van der Waals surface area (Å²) >= 11 is 0. The Hall–Kier alpha value is -1.49. The summed E-state index contributed by atoms with van der Waals surface area (Å²) in [6.45, 7) is 4.40. The first-order valence-electron chi connectivity index (χ1n) is 7.02. The summed E-state index contributed by atoms with van der Waals surface area (Å²) in [7, 11) is 0. The molecule has 0 saturated heterocycles. The molecule has 94 valence electrons. The van der Waals surface area contributed by atoms with Crippen molar-refractivity contribution in [3.8, 4) is 6.07 Å². The maximum atomic E-state index is 9.28. The largest absolute Gasteiger partial charge is 0.370 e. The highest BCUT2D eigenvalue weighted by Gasteiger charge is 2.30. The third kappa shape index (κ3) is 2.67. The molecule has 2 fully saturated rings. The van der Waals surface area contributed by atoms with E-state index >= 15 is 0 Å². The number of hydrogen-bond donors (Lipinski definition) is 0. The fourth-order valence-corrected chi connectivity index (χ4v) is 2.49. The fourth-order valence-electron chi connectivity index (χ4n) is 2.49. The molecule has 1 aromatic rings. The molecule has 2 heteroatoms. The number of benzene rings is 1. The molecular weight excluding hydrogens is 220 g/mol. The average Bonchev–Trinajstić information content (AvgIpc) is 3.23. The van der Waals surface area contributed by atoms with E-state index in [2.05, 4.69) is 24.0 Å². The maximum Gasteiger partial charge on any atom is 0.101 e. The van der Waals surface area contributed by atoms with Crippen molar-refractivity contribution >= 4 is 5.69 Å². The van der Waals surface area contributed by atoms with E-state index in [1.165, 1.54) is 31.2 Å². The van der Waals surface area contributed by atoms with Gasteiger partial charge in [-0.15, -0.1) is 0 Å². The molecule has 2 aliphatic carbocycles. The lowest BCUT2D eigenvalue weighted by atomic mass is 10.1. The molecule has 0 unspecified atom stereocenters. The fraction of sp³-hybridized carbons (Fsp3) is 0.562. The normalized spacial score (nSPS) is 18.4. The Bertz CT molecular complexity index is 464. The minimum Gasteiger partial charge on any atom is -0.370 e. The molecule has 2 saturated carbocycles. The van der Waals surface area contributed by atoms with Gasteiger partial charge in [0, 0.05) is 13.1 Å². The van der Waals surface area contributed by atoms with Crippen LogP contribution in [0.1, 0.15) is 36.8 Å². The molecule has 0 bridgehead atoms. The minimum atomic E-state index is 0.835. The summed E-state index contributed by atoms with van der Waals surface area (Å²) in [5.74, 6) is 1.74. The lowest BCUT2D eigenvalue weighted by Crippen LogP contribution is -2.28. The van der Waals surface area contributed by atoms with E-state index in [0.717, 1.165) is 36.2 Å². The van der Waals surface area contributed by atoms with Gasteiger partial charge in [-0.2, -0.15) is 5.26 Å². The minimum absolute atomic E-state index is 0.835. The predicted molar refractivity (Wildman–Crippen MR) is 73.6 cm³/mol. The van der Waals surface area contributed by atoms with Crippen molar-refractivity contribution in [1.29, 1.82) is 5.26 Å². The van der Waals surface area contributed by atoms with Crippen LogP contribution in [0.2, 0.25) is 0 Å². The predicted octanol–water partition coefficient (Wildman–Crippen LogP) is 3.49. The summed E-state index contributed by atoms with van der Waals surface area (Å²) in [5.41, 5.74) is 3.25. The second kappa shape index (κ2) is 4.65. The molecule has 0 heterocycles. The standard InChI is InChI=1S/C16H20N2/c1-12-2-7-15(9-17)16(8-12)18(10-13-3-4-13)11-14-5-6-14/h2,7-8,13-14H,3-6,10-11H2,1H3. The van der Waals surface area contributed by atoms with E-state index in [1.807, 2.05) is 12.1 Å². The van der Waals surface area contributed by atoms with Crippen LogP contribution >= 0.6 is 0 Å². The quantitative estimate of drug-likeness (QED) is 0.787. The summed E-state index contributed by atoms with van der Waals surface area (Å²) in [6.07, 6.45) is 5.48. The first kappa shape index (κ1) is 11.6. The van der Waals surface area contributed by atoms with Crippen LogP contribution in [0.4, 0.5) is 5.69 Å². The second-order valence-electron chi connectivity index (χ2n) is 5.92. The summed E-state index contributed by atoms with van der Waals surface area (Å²) < 4.78 is 0. The summed E-state index contributed by atoms with van der Waals surface area (Å²) in [5, 5.41) is 9.28. The molecule has 2 aliphatic rings. The smallest absolute Gasteiger partial charge is 0.101 e.